The van der Waals surface area contributed by atoms with Gasteiger partial charge in [0.25, 0.3) is 11.5 Å². The largest absolute Gasteiger partial charge is 0.381 e. The molecule has 36 heavy (non-hydrogen) atoms. The Morgan fingerprint density at radius 1 is 1.14 bits per heavy atom. The zero-order valence-corrected chi connectivity index (χ0v) is 20.9. The van der Waals surface area contributed by atoms with Crippen LogP contribution in [0.25, 0.3) is 5.65 Å². The number of amides is 1. The maximum atomic E-state index is 13.2. The fraction of sp³-hybridized carbons (Fsp3) is 0.520. The summed E-state index contributed by atoms with van der Waals surface area (Å²) < 4.78 is 14.2. The zero-order chi connectivity index (χ0) is 25.2. The molecule has 2 aliphatic carbocycles. The Kier molecular flexibility index (Phi) is 6.92. The van der Waals surface area contributed by atoms with Crippen LogP contribution < -0.4 is 21.5 Å². The van der Waals surface area contributed by atoms with Crippen LogP contribution in [0.3, 0.4) is 0 Å². The Morgan fingerprint density at radius 3 is 2.69 bits per heavy atom. The maximum Gasteiger partial charge on any atom is 0.274 e. The molecular weight excluding hydrogens is 462 g/mol. The molecule has 11 nitrogen and oxygen atoms in total. The standard InChI is InChI=1S/C25H33N7O4/c1-26-22-13-21(29-20-8-5-9-31(25(20)34)16-11-18(12-16)36-3)30-23-19(14-27-32(22)23)24(33)28-15-6-4-7-17(10-15)35-2/h5,8-9,13-18,26H,4,6-7,10-12H2,1-3H3,(H,28,33)(H,29,30)/t15-,16-,17-,18-/m0/s1. The van der Waals surface area contributed by atoms with E-state index >= 15 is 0 Å². The van der Waals surface area contributed by atoms with E-state index in [9.17, 15) is 9.59 Å². The van der Waals surface area contributed by atoms with Crippen LogP contribution in [0.15, 0.2) is 35.4 Å². The van der Waals surface area contributed by atoms with Gasteiger partial charge in [0.2, 0.25) is 0 Å². The molecule has 2 fully saturated rings. The summed E-state index contributed by atoms with van der Waals surface area (Å²) in [6, 6.07) is 5.50. The predicted octanol–water partition coefficient (Wildman–Crippen LogP) is 2.71. The summed E-state index contributed by atoms with van der Waals surface area (Å²) in [5.74, 6) is 0.854. The molecule has 5 rings (SSSR count). The van der Waals surface area contributed by atoms with Gasteiger partial charge in [0.1, 0.15) is 22.9 Å². The Hall–Kier alpha value is -3.44. The summed E-state index contributed by atoms with van der Waals surface area (Å²) in [6.45, 7) is 0. The van der Waals surface area contributed by atoms with Crippen molar-refractivity contribution >= 4 is 28.9 Å². The summed E-state index contributed by atoms with van der Waals surface area (Å²) in [7, 11) is 5.17. The topological polar surface area (TPSA) is 124 Å². The van der Waals surface area contributed by atoms with Crippen LogP contribution >= 0.6 is 0 Å². The van der Waals surface area contributed by atoms with Crippen molar-refractivity contribution < 1.29 is 14.3 Å². The fourth-order valence-corrected chi connectivity index (χ4v) is 5.11. The summed E-state index contributed by atoms with van der Waals surface area (Å²) in [4.78, 5) is 31.0. The third kappa shape index (κ3) is 4.68. The number of rotatable bonds is 8. The van der Waals surface area contributed by atoms with E-state index in [2.05, 4.69) is 26.0 Å². The number of carbonyl (C=O) groups is 1. The highest BCUT2D eigenvalue weighted by molar-refractivity contribution is 6.00. The lowest BCUT2D eigenvalue weighted by Gasteiger charge is -2.35. The molecule has 0 saturated heterocycles. The Morgan fingerprint density at radius 2 is 1.94 bits per heavy atom. The summed E-state index contributed by atoms with van der Waals surface area (Å²) in [5.41, 5.74) is 1.07. The molecule has 2 atom stereocenters. The molecule has 0 bridgehead atoms. The summed E-state index contributed by atoms with van der Waals surface area (Å²) >= 11 is 0. The number of nitrogens with zero attached hydrogens (tertiary/aromatic N) is 4. The average molecular weight is 496 g/mol. The van der Waals surface area contributed by atoms with Crippen LogP contribution in [-0.2, 0) is 9.47 Å². The van der Waals surface area contributed by atoms with E-state index in [4.69, 9.17) is 9.47 Å². The first-order valence-corrected chi connectivity index (χ1v) is 12.4. The Balaban J connectivity index is 1.40. The number of methoxy groups -OCH3 is 2. The van der Waals surface area contributed by atoms with E-state index in [0.29, 0.717) is 28.5 Å². The third-order valence-electron chi connectivity index (χ3n) is 7.30. The van der Waals surface area contributed by atoms with E-state index in [-0.39, 0.29) is 35.8 Å². The lowest BCUT2D eigenvalue weighted by molar-refractivity contribution is 0.00522. The van der Waals surface area contributed by atoms with Crippen LogP contribution in [0.1, 0.15) is 54.9 Å². The number of pyridine rings is 1. The highest BCUT2D eigenvalue weighted by Crippen LogP contribution is 2.33. The molecule has 3 aromatic rings. The smallest absolute Gasteiger partial charge is 0.274 e. The van der Waals surface area contributed by atoms with Gasteiger partial charge >= 0.3 is 0 Å². The number of nitrogens with one attached hydrogen (secondary N) is 3. The molecule has 0 unspecified atom stereocenters. The monoisotopic (exact) mass is 495 g/mol. The van der Waals surface area contributed by atoms with E-state index in [1.807, 2.05) is 6.07 Å². The Bertz CT molecular complexity index is 1300. The molecular formula is C25H33N7O4. The van der Waals surface area contributed by atoms with Crippen LogP contribution in [0.4, 0.5) is 17.3 Å². The van der Waals surface area contributed by atoms with Gasteiger partial charge in [-0.25, -0.2) is 4.98 Å². The number of aromatic nitrogens is 4. The minimum absolute atomic E-state index is 0.0447. The molecule has 1 amide bonds. The minimum atomic E-state index is -0.224. The van der Waals surface area contributed by atoms with Gasteiger partial charge in [-0.2, -0.15) is 9.61 Å². The van der Waals surface area contributed by atoms with Crippen molar-refractivity contribution in [3.05, 3.63) is 46.5 Å². The quantitative estimate of drug-likeness (QED) is 0.436. The van der Waals surface area contributed by atoms with Gasteiger partial charge in [-0.3, -0.25) is 9.59 Å². The molecule has 0 radical (unpaired) electrons. The highest BCUT2D eigenvalue weighted by Gasteiger charge is 2.31. The van der Waals surface area contributed by atoms with E-state index in [1.165, 1.54) is 6.20 Å². The fourth-order valence-electron chi connectivity index (χ4n) is 5.11. The van der Waals surface area contributed by atoms with Crippen molar-refractivity contribution in [1.29, 1.82) is 0 Å². The van der Waals surface area contributed by atoms with Gasteiger partial charge in [-0.15, -0.1) is 0 Å². The van der Waals surface area contributed by atoms with Crippen molar-refractivity contribution in [1.82, 2.24) is 24.5 Å². The number of ether oxygens (including phenoxy) is 2. The van der Waals surface area contributed by atoms with Crippen LogP contribution in [0.5, 0.6) is 0 Å². The number of carbonyl (C=O) groups excluding carboxylic acids is 1. The second-order valence-corrected chi connectivity index (χ2v) is 9.51. The number of fused-ring (bicyclic) bond motifs is 1. The second-order valence-electron chi connectivity index (χ2n) is 9.51. The SMILES string of the molecule is CNc1cc(Nc2cccn([C@H]3C[C@H](OC)C3)c2=O)nc2c(C(=O)N[C@H]3CCC[C@H](OC)C3)cnn12. The highest BCUT2D eigenvalue weighted by atomic mass is 16.5. The van der Waals surface area contributed by atoms with Gasteiger partial charge in [-0.05, 0) is 50.7 Å². The van der Waals surface area contributed by atoms with Crippen LogP contribution in [0, 0.1) is 0 Å². The molecule has 0 aliphatic heterocycles. The summed E-state index contributed by atoms with van der Waals surface area (Å²) in [5, 5.41) is 13.7. The van der Waals surface area contributed by atoms with Gasteiger partial charge in [0, 0.05) is 45.6 Å². The molecule has 3 aromatic heterocycles. The van der Waals surface area contributed by atoms with Crippen LogP contribution in [-0.4, -0.2) is 64.6 Å². The lowest BCUT2D eigenvalue weighted by atomic mass is 9.89. The first-order valence-electron chi connectivity index (χ1n) is 12.4. The van der Waals surface area contributed by atoms with E-state index < -0.39 is 0 Å². The maximum absolute atomic E-state index is 13.2. The molecule has 3 N–H and O–H groups in total. The van der Waals surface area contributed by atoms with Crippen LogP contribution in [0.2, 0.25) is 0 Å². The first-order chi connectivity index (χ1) is 17.5. The summed E-state index contributed by atoms with van der Waals surface area (Å²) in [6.07, 6.45) is 9.04. The van der Waals surface area contributed by atoms with E-state index in [0.717, 1.165) is 38.5 Å². The number of hydrogen-bond donors (Lipinski definition) is 3. The van der Waals surface area contributed by atoms with Gasteiger partial charge in [0.05, 0.1) is 18.4 Å². The molecule has 3 heterocycles. The van der Waals surface area contributed by atoms with Crippen molar-refractivity contribution in [2.75, 3.05) is 31.9 Å². The van der Waals surface area contributed by atoms with Gasteiger partial charge in [0.15, 0.2) is 5.65 Å². The molecule has 0 aromatic carbocycles. The van der Waals surface area contributed by atoms with Crippen molar-refractivity contribution in [2.45, 2.75) is 62.8 Å². The molecule has 2 aliphatic rings. The van der Waals surface area contributed by atoms with Crippen molar-refractivity contribution in [3.63, 3.8) is 0 Å². The Labute approximate surface area is 209 Å². The van der Waals surface area contributed by atoms with E-state index in [1.54, 1.807) is 48.7 Å². The second kappa shape index (κ2) is 10.3. The predicted molar refractivity (Wildman–Crippen MR) is 136 cm³/mol. The molecule has 0 spiro atoms. The van der Waals surface area contributed by atoms with Gasteiger partial charge in [-0.1, -0.05) is 0 Å². The lowest BCUT2D eigenvalue weighted by Crippen LogP contribution is -2.40. The normalized spacial score (nSPS) is 23.8. The zero-order valence-electron chi connectivity index (χ0n) is 20.9. The molecule has 192 valence electrons. The van der Waals surface area contributed by atoms with Gasteiger partial charge < -0.3 is 30.0 Å². The third-order valence-corrected chi connectivity index (χ3v) is 7.30. The number of hydrogen-bond acceptors (Lipinski definition) is 8. The molecule has 2 saturated carbocycles. The van der Waals surface area contributed by atoms with Crippen molar-refractivity contribution in [3.8, 4) is 0 Å². The number of anilines is 3. The molecule has 11 heteroatoms. The first kappa shape index (κ1) is 24.3. The average Bonchev–Trinajstić information content (AvgIpc) is 3.29. The minimum Gasteiger partial charge on any atom is -0.381 e. The van der Waals surface area contributed by atoms with Crippen molar-refractivity contribution in [2.24, 2.45) is 0 Å².